The van der Waals surface area contributed by atoms with Crippen LogP contribution in [-0.2, 0) is 17.8 Å². The molecule has 3 heterocycles. The van der Waals surface area contributed by atoms with Gasteiger partial charge < -0.3 is 24.8 Å². The fourth-order valence-electron chi connectivity index (χ4n) is 3.19. The van der Waals surface area contributed by atoms with Gasteiger partial charge in [0.15, 0.2) is 6.10 Å². The lowest BCUT2D eigenvalue weighted by Gasteiger charge is -2.39. The Kier molecular flexibility index (Phi) is 5.50. The van der Waals surface area contributed by atoms with Crippen molar-refractivity contribution in [2.45, 2.75) is 57.6 Å². The Hall–Kier alpha value is -2.37. The summed E-state index contributed by atoms with van der Waals surface area (Å²) >= 11 is 0. The summed E-state index contributed by atoms with van der Waals surface area (Å²) < 4.78 is 43.8. The first kappa shape index (κ1) is 20.4. The van der Waals surface area contributed by atoms with Gasteiger partial charge in [-0.2, -0.15) is 13.2 Å². The van der Waals surface area contributed by atoms with Crippen molar-refractivity contribution >= 4 is 12.0 Å². The zero-order chi connectivity index (χ0) is 20.5. The normalized spacial score (nSPS) is 20.2. The molecule has 12 heteroatoms. The minimum atomic E-state index is -4.60. The fraction of sp³-hybridized carbons (Fsp3) is 0.750. The van der Waals surface area contributed by atoms with Crippen LogP contribution in [0.2, 0.25) is 0 Å². The molecule has 0 saturated carbocycles. The van der Waals surface area contributed by atoms with Crippen LogP contribution in [0, 0.1) is 0 Å². The summed E-state index contributed by atoms with van der Waals surface area (Å²) in [5.74, 6) is 0.571. The van der Waals surface area contributed by atoms with Crippen molar-refractivity contribution in [2.24, 2.45) is 0 Å². The van der Waals surface area contributed by atoms with Crippen molar-refractivity contribution in [2.75, 3.05) is 19.6 Å². The lowest BCUT2D eigenvalue weighted by atomic mass is 9.89. The van der Waals surface area contributed by atoms with Gasteiger partial charge in [-0.3, -0.25) is 4.79 Å². The zero-order valence-corrected chi connectivity index (χ0v) is 15.7. The van der Waals surface area contributed by atoms with Crippen LogP contribution in [0.5, 0.6) is 0 Å². The quantitative estimate of drug-likeness (QED) is 0.781. The molecule has 1 saturated heterocycles. The number of rotatable bonds is 3. The van der Waals surface area contributed by atoms with Crippen LogP contribution in [0.15, 0.2) is 0 Å². The number of carbonyl (C=O) groups is 2. The lowest BCUT2D eigenvalue weighted by molar-refractivity contribution is -0.200. The Morgan fingerprint density at radius 1 is 1.25 bits per heavy atom. The van der Waals surface area contributed by atoms with Gasteiger partial charge in [-0.1, -0.05) is 0 Å². The summed E-state index contributed by atoms with van der Waals surface area (Å²) in [4.78, 5) is 25.8. The maximum Gasteiger partial charge on any atom is 0.425 e. The molecule has 1 aromatic rings. The Balaban J connectivity index is 1.55. The fourth-order valence-corrected chi connectivity index (χ4v) is 3.19. The van der Waals surface area contributed by atoms with Crippen LogP contribution in [0.25, 0.3) is 0 Å². The summed E-state index contributed by atoms with van der Waals surface area (Å²) in [6.07, 6.45) is -6.99. The molecule has 1 atom stereocenters. The number of hydrogen-bond acceptors (Lipinski definition) is 6. The minimum absolute atomic E-state index is 0.183. The first-order valence-electron chi connectivity index (χ1n) is 9.07. The predicted octanol–water partition coefficient (Wildman–Crippen LogP) is 1.05. The topological polar surface area (TPSA) is 101 Å². The molecular formula is C16H23F3N6O3. The molecule has 1 fully saturated rings. The summed E-state index contributed by atoms with van der Waals surface area (Å²) in [7, 11) is 0. The summed E-state index contributed by atoms with van der Waals surface area (Å²) in [6, 6.07) is 0. The highest BCUT2D eigenvalue weighted by atomic mass is 19.4. The smallest absolute Gasteiger partial charge is 0.425 e. The van der Waals surface area contributed by atoms with Crippen LogP contribution in [-0.4, -0.2) is 69.1 Å². The number of alkyl halides is 3. The Morgan fingerprint density at radius 3 is 2.57 bits per heavy atom. The minimum Gasteiger partial charge on any atom is -0.437 e. The molecule has 0 bridgehead atoms. The van der Waals surface area contributed by atoms with E-state index in [1.807, 2.05) is 6.92 Å². The molecule has 2 aliphatic rings. The molecular weight excluding hydrogens is 381 g/mol. The van der Waals surface area contributed by atoms with E-state index in [0.717, 1.165) is 13.5 Å². The maximum absolute atomic E-state index is 12.6. The van der Waals surface area contributed by atoms with E-state index in [9.17, 15) is 22.8 Å². The number of ether oxygens (including phenoxy) is 1. The number of aromatic nitrogens is 3. The first-order valence-corrected chi connectivity index (χ1v) is 9.07. The van der Waals surface area contributed by atoms with E-state index in [0.29, 0.717) is 31.8 Å². The average molecular weight is 404 g/mol. The highest BCUT2D eigenvalue weighted by Crippen LogP contribution is 2.26. The number of nitrogens with zero attached hydrogens (tertiary/aromatic N) is 4. The van der Waals surface area contributed by atoms with Gasteiger partial charge in [0.2, 0.25) is 5.82 Å². The highest BCUT2D eigenvalue weighted by molar-refractivity contribution is 5.91. The largest absolute Gasteiger partial charge is 0.437 e. The van der Waals surface area contributed by atoms with Crippen molar-refractivity contribution in [3.05, 3.63) is 11.6 Å². The van der Waals surface area contributed by atoms with Gasteiger partial charge in [0.05, 0.1) is 6.54 Å². The molecule has 2 N–H and O–H groups in total. The summed E-state index contributed by atoms with van der Waals surface area (Å²) in [6.45, 7) is 4.85. The number of nitrogens with one attached hydrogen (secondary N) is 2. The Morgan fingerprint density at radius 2 is 1.93 bits per heavy atom. The van der Waals surface area contributed by atoms with E-state index in [1.54, 1.807) is 4.57 Å². The van der Waals surface area contributed by atoms with E-state index in [1.165, 1.54) is 4.90 Å². The molecule has 0 spiro atoms. The standard InChI is InChI=1S/C16H23F3N6O3/c1-10(16(17,18)19)28-14(27)24-6-3-15(2,4-7-24)21-13(26)12-23-22-11-9-20-5-8-25(11)12/h10,20H,3-9H2,1-2H3,(H,21,26). The van der Waals surface area contributed by atoms with E-state index in [4.69, 9.17) is 0 Å². The first-order chi connectivity index (χ1) is 13.1. The summed E-state index contributed by atoms with van der Waals surface area (Å²) in [5.41, 5.74) is -0.608. The van der Waals surface area contributed by atoms with Crippen molar-refractivity contribution in [1.29, 1.82) is 0 Å². The van der Waals surface area contributed by atoms with Crippen LogP contribution in [0.4, 0.5) is 18.0 Å². The van der Waals surface area contributed by atoms with Crippen molar-refractivity contribution in [3.63, 3.8) is 0 Å². The highest BCUT2D eigenvalue weighted by Gasteiger charge is 2.41. The second-order valence-corrected chi connectivity index (χ2v) is 7.34. The Labute approximate surface area is 159 Å². The molecule has 0 aliphatic carbocycles. The van der Waals surface area contributed by atoms with Gasteiger partial charge in [-0.25, -0.2) is 4.79 Å². The van der Waals surface area contributed by atoms with Gasteiger partial charge in [0, 0.05) is 31.7 Å². The lowest BCUT2D eigenvalue weighted by Crippen LogP contribution is -2.55. The molecule has 28 heavy (non-hydrogen) atoms. The van der Waals surface area contributed by atoms with Crippen molar-refractivity contribution in [1.82, 2.24) is 30.3 Å². The molecule has 1 unspecified atom stereocenters. The number of likely N-dealkylation sites (tertiary alicyclic amines) is 1. The third-order valence-electron chi connectivity index (χ3n) is 5.10. The monoisotopic (exact) mass is 404 g/mol. The molecule has 156 valence electrons. The third-order valence-corrected chi connectivity index (χ3v) is 5.10. The van der Waals surface area contributed by atoms with Gasteiger partial charge in [0.25, 0.3) is 5.91 Å². The van der Waals surface area contributed by atoms with Crippen LogP contribution >= 0.6 is 0 Å². The summed E-state index contributed by atoms with van der Waals surface area (Å²) in [5, 5.41) is 14.0. The maximum atomic E-state index is 12.6. The predicted molar refractivity (Wildman–Crippen MR) is 90.4 cm³/mol. The second-order valence-electron chi connectivity index (χ2n) is 7.34. The second kappa shape index (κ2) is 7.57. The van der Waals surface area contributed by atoms with E-state index < -0.39 is 23.9 Å². The molecule has 2 amide bonds. The number of piperidine rings is 1. The van der Waals surface area contributed by atoms with Gasteiger partial charge in [-0.05, 0) is 26.7 Å². The van der Waals surface area contributed by atoms with Crippen LogP contribution in [0.1, 0.15) is 43.1 Å². The number of hydrogen-bond donors (Lipinski definition) is 2. The Bertz CT molecular complexity index is 742. The number of amides is 2. The molecule has 9 nitrogen and oxygen atoms in total. The third kappa shape index (κ3) is 4.37. The van der Waals surface area contributed by atoms with E-state index in [-0.39, 0.29) is 24.8 Å². The van der Waals surface area contributed by atoms with Gasteiger partial charge in [0.1, 0.15) is 5.82 Å². The van der Waals surface area contributed by atoms with E-state index >= 15 is 0 Å². The van der Waals surface area contributed by atoms with Crippen LogP contribution < -0.4 is 10.6 Å². The van der Waals surface area contributed by atoms with Crippen LogP contribution in [0.3, 0.4) is 0 Å². The zero-order valence-electron chi connectivity index (χ0n) is 15.7. The van der Waals surface area contributed by atoms with Crippen molar-refractivity contribution in [3.8, 4) is 0 Å². The van der Waals surface area contributed by atoms with Gasteiger partial charge in [-0.15, -0.1) is 10.2 Å². The molecule has 2 aliphatic heterocycles. The number of fused-ring (bicyclic) bond motifs is 1. The molecule has 1 aromatic heterocycles. The number of carbonyl (C=O) groups excluding carboxylic acids is 2. The average Bonchev–Trinajstić information content (AvgIpc) is 3.05. The van der Waals surface area contributed by atoms with Crippen molar-refractivity contribution < 1.29 is 27.5 Å². The van der Waals surface area contributed by atoms with E-state index in [2.05, 4.69) is 25.6 Å². The van der Waals surface area contributed by atoms with Gasteiger partial charge >= 0.3 is 12.3 Å². The molecule has 0 radical (unpaired) electrons. The molecule has 3 rings (SSSR count). The SMILES string of the molecule is CC(OC(=O)N1CCC(C)(NC(=O)c2nnc3n2CCNC3)CC1)C(F)(F)F. The molecule has 0 aromatic carbocycles. The number of halogens is 3.